The summed E-state index contributed by atoms with van der Waals surface area (Å²) < 4.78 is 2.81. The fourth-order valence-electron chi connectivity index (χ4n) is 2.43. The normalized spacial score (nSPS) is 10.9. The van der Waals surface area contributed by atoms with Crippen molar-refractivity contribution in [3.8, 4) is 5.69 Å². The Labute approximate surface area is 126 Å². The largest absolute Gasteiger partial charge is 0.336 e. The lowest BCUT2D eigenvalue weighted by Crippen LogP contribution is -2.39. The average molecular weight is 298 g/mol. The van der Waals surface area contributed by atoms with E-state index in [0.29, 0.717) is 23.2 Å². The lowest BCUT2D eigenvalue weighted by Gasteiger charge is -2.13. The third-order valence-corrected chi connectivity index (χ3v) is 3.58. The molecule has 0 N–H and O–H groups in total. The van der Waals surface area contributed by atoms with Crippen LogP contribution in [0.3, 0.4) is 0 Å². The zero-order valence-electron chi connectivity index (χ0n) is 11.3. The molecule has 0 atom stereocenters. The molecule has 4 nitrogen and oxygen atoms in total. The standard InChI is InChI=1S/C16H14N2O2S/c19-15-13-8-4-5-9-14(13)18(12-6-2-1-3-7-12)16(20)17(15)10-11-21/h1-9,21H,10-11H2. The van der Waals surface area contributed by atoms with Crippen molar-refractivity contribution in [2.45, 2.75) is 6.54 Å². The molecule has 21 heavy (non-hydrogen) atoms. The van der Waals surface area contributed by atoms with Crippen molar-refractivity contribution >= 4 is 23.5 Å². The van der Waals surface area contributed by atoms with Gasteiger partial charge in [-0.3, -0.25) is 13.9 Å². The number of hydrogen-bond donors (Lipinski definition) is 1. The van der Waals surface area contributed by atoms with Crippen LogP contribution in [0.15, 0.2) is 64.2 Å². The maximum absolute atomic E-state index is 12.7. The van der Waals surface area contributed by atoms with E-state index in [-0.39, 0.29) is 11.2 Å². The van der Waals surface area contributed by atoms with Crippen LogP contribution in [0.25, 0.3) is 16.6 Å². The van der Waals surface area contributed by atoms with Gasteiger partial charge in [0, 0.05) is 12.3 Å². The minimum atomic E-state index is -0.334. The van der Waals surface area contributed by atoms with Gasteiger partial charge in [-0.1, -0.05) is 30.3 Å². The van der Waals surface area contributed by atoms with Gasteiger partial charge in [0.25, 0.3) is 5.56 Å². The second-order valence-corrected chi connectivity index (χ2v) is 5.10. The lowest BCUT2D eigenvalue weighted by molar-refractivity contribution is 0.668. The first-order valence-electron chi connectivity index (χ1n) is 6.65. The van der Waals surface area contributed by atoms with Crippen LogP contribution >= 0.6 is 12.6 Å². The molecule has 0 saturated heterocycles. The Morgan fingerprint density at radius 2 is 1.57 bits per heavy atom. The van der Waals surface area contributed by atoms with Gasteiger partial charge in [0.2, 0.25) is 0 Å². The number of rotatable bonds is 3. The van der Waals surface area contributed by atoms with E-state index in [1.54, 1.807) is 22.8 Å². The molecule has 2 aromatic carbocycles. The summed E-state index contributed by atoms with van der Waals surface area (Å²) in [6.07, 6.45) is 0. The van der Waals surface area contributed by atoms with E-state index in [0.717, 1.165) is 5.69 Å². The molecule has 0 aliphatic carbocycles. The molecular weight excluding hydrogens is 284 g/mol. The Bertz CT molecular complexity index is 898. The highest BCUT2D eigenvalue weighted by atomic mass is 32.1. The van der Waals surface area contributed by atoms with Gasteiger partial charge in [0.15, 0.2) is 0 Å². The highest BCUT2D eigenvalue weighted by Crippen LogP contribution is 2.13. The van der Waals surface area contributed by atoms with E-state index >= 15 is 0 Å². The van der Waals surface area contributed by atoms with Crippen LogP contribution in [-0.2, 0) is 6.54 Å². The van der Waals surface area contributed by atoms with Crippen LogP contribution in [-0.4, -0.2) is 14.9 Å². The Kier molecular flexibility index (Phi) is 3.66. The van der Waals surface area contributed by atoms with E-state index in [2.05, 4.69) is 12.6 Å². The van der Waals surface area contributed by atoms with Crippen LogP contribution in [0.1, 0.15) is 0 Å². The molecule has 0 unspecified atom stereocenters. The summed E-state index contributed by atoms with van der Waals surface area (Å²) in [4.78, 5) is 25.1. The first-order valence-corrected chi connectivity index (χ1v) is 7.28. The number of benzene rings is 2. The van der Waals surface area contributed by atoms with Gasteiger partial charge in [-0.05, 0) is 24.3 Å². The van der Waals surface area contributed by atoms with Gasteiger partial charge in [0.1, 0.15) is 0 Å². The molecule has 0 fully saturated rings. The Balaban J connectivity index is 2.48. The molecule has 5 heteroatoms. The first-order chi connectivity index (χ1) is 10.2. The molecular formula is C16H14N2O2S. The third-order valence-electron chi connectivity index (χ3n) is 3.38. The van der Waals surface area contributed by atoms with Crippen molar-refractivity contribution in [1.29, 1.82) is 0 Å². The van der Waals surface area contributed by atoms with E-state index in [1.807, 2.05) is 36.4 Å². The summed E-state index contributed by atoms with van der Waals surface area (Å²) in [5.74, 6) is 0.433. The molecule has 0 bridgehead atoms. The van der Waals surface area contributed by atoms with Crippen LogP contribution in [0.5, 0.6) is 0 Å². The van der Waals surface area contributed by atoms with Crippen molar-refractivity contribution in [1.82, 2.24) is 9.13 Å². The zero-order valence-corrected chi connectivity index (χ0v) is 12.2. The van der Waals surface area contributed by atoms with E-state index in [1.165, 1.54) is 4.57 Å². The molecule has 0 spiro atoms. The van der Waals surface area contributed by atoms with Gasteiger partial charge in [-0.15, -0.1) is 0 Å². The smallest absolute Gasteiger partial charge is 0.268 e. The molecule has 1 aromatic heterocycles. The lowest BCUT2D eigenvalue weighted by atomic mass is 10.2. The predicted octanol–water partition coefficient (Wildman–Crippen LogP) is 2.08. The van der Waals surface area contributed by atoms with Crippen molar-refractivity contribution in [3.05, 3.63) is 75.4 Å². The summed E-state index contributed by atoms with van der Waals surface area (Å²) in [7, 11) is 0. The Morgan fingerprint density at radius 1 is 0.905 bits per heavy atom. The molecule has 3 aromatic rings. The maximum atomic E-state index is 12.7. The van der Waals surface area contributed by atoms with Crippen molar-refractivity contribution < 1.29 is 0 Å². The van der Waals surface area contributed by atoms with E-state index < -0.39 is 0 Å². The fourth-order valence-corrected chi connectivity index (χ4v) is 2.63. The van der Waals surface area contributed by atoms with Crippen LogP contribution in [0, 0.1) is 0 Å². The molecule has 0 aliphatic heterocycles. The molecule has 0 aliphatic rings. The molecule has 1 heterocycles. The number of fused-ring (bicyclic) bond motifs is 1. The van der Waals surface area contributed by atoms with Crippen molar-refractivity contribution in [2.24, 2.45) is 0 Å². The van der Waals surface area contributed by atoms with Crippen molar-refractivity contribution in [3.63, 3.8) is 0 Å². The minimum Gasteiger partial charge on any atom is -0.268 e. The zero-order chi connectivity index (χ0) is 14.8. The number of aromatic nitrogens is 2. The number of thiol groups is 1. The Hall–Kier alpha value is -2.27. The van der Waals surface area contributed by atoms with Crippen LogP contribution < -0.4 is 11.2 Å². The van der Waals surface area contributed by atoms with Gasteiger partial charge in [-0.2, -0.15) is 12.6 Å². The Morgan fingerprint density at radius 3 is 2.29 bits per heavy atom. The predicted molar refractivity (Wildman–Crippen MR) is 87.7 cm³/mol. The fraction of sp³-hybridized carbons (Fsp3) is 0.125. The average Bonchev–Trinajstić information content (AvgIpc) is 2.53. The van der Waals surface area contributed by atoms with Gasteiger partial charge >= 0.3 is 5.69 Å². The van der Waals surface area contributed by atoms with Crippen LogP contribution in [0.4, 0.5) is 0 Å². The highest BCUT2D eigenvalue weighted by Gasteiger charge is 2.13. The molecule has 0 amide bonds. The minimum absolute atomic E-state index is 0.267. The second kappa shape index (κ2) is 5.61. The molecule has 106 valence electrons. The SMILES string of the molecule is O=c1c2ccccc2n(-c2ccccc2)c(=O)n1CCS. The molecule has 3 rings (SSSR count). The first kappa shape index (κ1) is 13.7. The number of para-hydroxylation sites is 2. The van der Waals surface area contributed by atoms with Gasteiger partial charge in [-0.25, -0.2) is 4.79 Å². The van der Waals surface area contributed by atoms with Gasteiger partial charge in [0.05, 0.1) is 16.6 Å². The molecule has 0 radical (unpaired) electrons. The van der Waals surface area contributed by atoms with Crippen LogP contribution in [0.2, 0.25) is 0 Å². The number of hydrogen-bond acceptors (Lipinski definition) is 3. The van der Waals surface area contributed by atoms with E-state index in [9.17, 15) is 9.59 Å². The van der Waals surface area contributed by atoms with Gasteiger partial charge < -0.3 is 0 Å². The summed E-state index contributed by atoms with van der Waals surface area (Å²) >= 11 is 4.13. The summed E-state index contributed by atoms with van der Waals surface area (Å²) in [5.41, 5.74) is 0.761. The topological polar surface area (TPSA) is 44.0 Å². The maximum Gasteiger partial charge on any atom is 0.336 e. The van der Waals surface area contributed by atoms with Crippen molar-refractivity contribution in [2.75, 3.05) is 5.75 Å². The second-order valence-electron chi connectivity index (χ2n) is 4.65. The third kappa shape index (κ3) is 2.29. The summed E-state index contributed by atoms with van der Waals surface area (Å²) in [5, 5.41) is 0.530. The quantitative estimate of drug-likeness (QED) is 0.752. The monoisotopic (exact) mass is 298 g/mol. The highest BCUT2D eigenvalue weighted by molar-refractivity contribution is 7.80. The number of nitrogens with zero attached hydrogens (tertiary/aromatic N) is 2. The molecule has 0 saturated carbocycles. The van der Waals surface area contributed by atoms with E-state index in [4.69, 9.17) is 0 Å². The summed E-state index contributed by atoms with van der Waals surface area (Å²) in [6.45, 7) is 0.290. The summed E-state index contributed by atoms with van der Waals surface area (Å²) in [6, 6.07) is 16.5.